The van der Waals surface area contributed by atoms with Crippen molar-refractivity contribution in [3.8, 4) is 6.07 Å². The van der Waals surface area contributed by atoms with Crippen LogP contribution < -0.4 is 5.73 Å². The zero-order valence-electron chi connectivity index (χ0n) is 7.18. The fraction of sp³-hybridized carbons (Fsp3) is 0.667. The molecule has 3 heteroatoms. The molecule has 0 aromatic heterocycles. The molecule has 0 amide bonds. The highest BCUT2D eigenvalue weighted by Gasteiger charge is 2.25. The van der Waals surface area contributed by atoms with Crippen LogP contribution in [0.1, 0.15) is 26.2 Å². The number of allylic oxidation sites excluding steroid dienone is 1. The van der Waals surface area contributed by atoms with Gasteiger partial charge < -0.3 is 5.73 Å². The summed E-state index contributed by atoms with van der Waals surface area (Å²) in [7, 11) is 0. The molecule has 1 aliphatic rings. The van der Waals surface area contributed by atoms with E-state index >= 15 is 0 Å². The zero-order valence-corrected chi connectivity index (χ0v) is 7.18. The van der Waals surface area contributed by atoms with Crippen LogP contribution in [0.5, 0.6) is 0 Å². The summed E-state index contributed by atoms with van der Waals surface area (Å²) < 4.78 is 13.3. The smallest absolute Gasteiger partial charge is 0.117 e. The van der Waals surface area contributed by atoms with Gasteiger partial charge in [0.2, 0.25) is 0 Å². The second-order valence-corrected chi connectivity index (χ2v) is 3.24. The largest absolute Gasteiger partial charge is 0.322 e. The van der Waals surface area contributed by atoms with E-state index in [-0.39, 0.29) is 11.7 Å². The van der Waals surface area contributed by atoms with Crippen molar-refractivity contribution in [1.82, 2.24) is 0 Å². The van der Waals surface area contributed by atoms with Crippen LogP contribution in [0.3, 0.4) is 0 Å². The Morgan fingerprint density at radius 1 is 1.83 bits per heavy atom. The molecule has 12 heavy (non-hydrogen) atoms. The van der Waals surface area contributed by atoms with Crippen molar-refractivity contribution < 1.29 is 4.39 Å². The van der Waals surface area contributed by atoms with E-state index in [0.717, 1.165) is 12.8 Å². The SMILES string of the molecule is C[C@H](N)/C(F)=C1\CCC[C@@H]1C#N. The summed E-state index contributed by atoms with van der Waals surface area (Å²) in [6, 6.07) is 1.54. The Balaban J connectivity index is 2.86. The molecule has 0 heterocycles. The minimum absolute atomic E-state index is 0.226. The van der Waals surface area contributed by atoms with Crippen molar-refractivity contribution >= 4 is 0 Å². The van der Waals surface area contributed by atoms with Crippen molar-refractivity contribution in [2.75, 3.05) is 0 Å². The minimum Gasteiger partial charge on any atom is -0.322 e. The molecule has 0 aromatic carbocycles. The van der Waals surface area contributed by atoms with Crippen LogP contribution in [0.2, 0.25) is 0 Å². The molecule has 1 saturated carbocycles. The lowest BCUT2D eigenvalue weighted by Crippen LogP contribution is -2.17. The normalized spacial score (nSPS) is 29.7. The molecule has 1 rings (SSSR count). The van der Waals surface area contributed by atoms with Gasteiger partial charge in [0.1, 0.15) is 5.83 Å². The number of nitrogens with zero attached hydrogens (tertiary/aromatic N) is 1. The first kappa shape index (κ1) is 9.21. The van der Waals surface area contributed by atoms with Gasteiger partial charge in [0.25, 0.3) is 0 Å². The van der Waals surface area contributed by atoms with Gasteiger partial charge in [-0.15, -0.1) is 0 Å². The Kier molecular flexibility index (Phi) is 2.83. The number of halogens is 1. The van der Waals surface area contributed by atoms with Crippen LogP contribution in [-0.4, -0.2) is 6.04 Å². The molecule has 0 radical (unpaired) electrons. The van der Waals surface area contributed by atoms with Crippen molar-refractivity contribution in [3.05, 3.63) is 11.4 Å². The van der Waals surface area contributed by atoms with Gasteiger partial charge in [0.05, 0.1) is 18.0 Å². The second-order valence-electron chi connectivity index (χ2n) is 3.24. The predicted molar refractivity (Wildman–Crippen MR) is 44.7 cm³/mol. The van der Waals surface area contributed by atoms with Crippen molar-refractivity contribution in [3.63, 3.8) is 0 Å². The van der Waals surface area contributed by atoms with Crippen LogP contribution in [0.25, 0.3) is 0 Å². The van der Waals surface area contributed by atoms with Crippen molar-refractivity contribution in [2.45, 2.75) is 32.2 Å². The van der Waals surface area contributed by atoms with Gasteiger partial charge in [0.15, 0.2) is 0 Å². The molecule has 66 valence electrons. The van der Waals surface area contributed by atoms with E-state index in [4.69, 9.17) is 11.0 Å². The summed E-state index contributed by atoms with van der Waals surface area (Å²) >= 11 is 0. The summed E-state index contributed by atoms with van der Waals surface area (Å²) in [5.41, 5.74) is 6.02. The first-order valence-electron chi connectivity index (χ1n) is 4.20. The van der Waals surface area contributed by atoms with E-state index in [2.05, 4.69) is 6.07 Å². The Morgan fingerprint density at radius 2 is 2.50 bits per heavy atom. The maximum Gasteiger partial charge on any atom is 0.117 e. The monoisotopic (exact) mass is 168 g/mol. The summed E-state index contributed by atoms with van der Waals surface area (Å²) in [4.78, 5) is 0. The fourth-order valence-corrected chi connectivity index (χ4v) is 1.57. The fourth-order valence-electron chi connectivity index (χ4n) is 1.57. The third-order valence-electron chi connectivity index (χ3n) is 2.22. The van der Waals surface area contributed by atoms with E-state index in [1.54, 1.807) is 6.92 Å². The average Bonchev–Trinajstić information content (AvgIpc) is 2.49. The second kappa shape index (κ2) is 3.68. The molecule has 2 atom stereocenters. The van der Waals surface area contributed by atoms with Gasteiger partial charge in [-0.3, -0.25) is 0 Å². The third kappa shape index (κ3) is 1.64. The lowest BCUT2D eigenvalue weighted by molar-refractivity contribution is 0.536. The predicted octanol–water partition coefficient (Wildman–Crippen LogP) is 1.88. The molecule has 0 aliphatic heterocycles. The molecule has 0 saturated heterocycles. The molecule has 0 bridgehead atoms. The maximum absolute atomic E-state index is 13.3. The van der Waals surface area contributed by atoms with Crippen LogP contribution in [0, 0.1) is 17.2 Å². The third-order valence-corrected chi connectivity index (χ3v) is 2.22. The van der Waals surface area contributed by atoms with E-state index in [0.29, 0.717) is 12.0 Å². The summed E-state index contributed by atoms with van der Waals surface area (Å²) in [5, 5.41) is 8.68. The molecule has 0 unspecified atom stereocenters. The highest BCUT2D eigenvalue weighted by Crippen LogP contribution is 2.33. The number of rotatable bonds is 1. The zero-order chi connectivity index (χ0) is 9.14. The van der Waals surface area contributed by atoms with Crippen LogP contribution in [0.15, 0.2) is 11.4 Å². The Bertz CT molecular complexity index is 237. The van der Waals surface area contributed by atoms with Gasteiger partial charge in [0, 0.05) is 0 Å². The minimum atomic E-state index is -0.561. The average molecular weight is 168 g/mol. The molecule has 0 spiro atoms. The first-order valence-corrected chi connectivity index (χ1v) is 4.20. The molecule has 2 N–H and O–H groups in total. The Hall–Kier alpha value is -0.880. The molecule has 1 aliphatic carbocycles. The van der Waals surface area contributed by atoms with Gasteiger partial charge >= 0.3 is 0 Å². The van der Waals surface area contributed by atoms with E-state index < -0.39 is 6.04 Å². The van der Waals surface area contributed by atoms with Gasteiger partial charge in [-0.05, 0) is 31.8 Å². The molecular formula is C9H13FN2. The Morgan fingerprint density at radius 3 is 3.00 bits per heavy atom. The lowest BCUT2D eigenvalue weighted by Gasteiger charge is -2.08. The van der Waals surface area contributed by atoms with Gasteiger partial charge in [-0.25, -0.2) is 4.39 Å². The highest BCUT2D eigenvalue weighted by atomic mass is 19.1. The van der Waals surface area contributed by atoms with E-state index in [1.807, 2.05) is 0 Å². The Labute approximate surface area is 71.9 Å². The summed E-state index contributed by atoms with van der Waals surface area (Å²) in [6.07, 6.45) is 2.39. The standard InChI is InChI=1S/C9H13FN2/c1-6(12)9(10)8-4-2-3-7(8)5-11/h6-7H,2-4,12H2,1H3/b9-8-/t6-,7+/m0/s1. The number of hydrogen-bond acceptors (Lipinski definition) is 2. The molecule has 2 nitrogen and oxygen atoms in total. The summed E-state index contributed by atoms with van der Waals surface area (Å²) in [6.45, 7) is 1.61. The van der Waals surface area contributed by atoms with Crippen LogP contribution >= 0.6 is 0 Å². The van der Waals surface area contributed by atoms with Crippen molar-refractivity contribution in [1.29, 1.82) is 5.26 Å². The first-order chi connectivity index (χ1) is 5.66. The molecule has 1 fully saturated rings. The number of hydrogen-bond donors (Lipinski definition) is 1. The number of nitrogens with two attached hydrogens (primary N) is 1. The van der Waals surface area contributed by atoms with Gasteiger partial charge in [-0.2, -0.15) is 5.26 Å². The highest BCUT2D eigenvalue weighted by molar-refractivity contribution is 5.23. The van der Waals surface area contributed by atoms with E-state index in [1.165, 1.54) is 0 Å². The number of nitriles is 1. The van der Waals surface area contributed by atoms with Crippen LogP contribution in [0.4, 0.5) is 4.39 Å². The topological polar surface area (TPSA) is 49.8 Å². The molecule has 0 aromatic rings. The van der Waals surface area contributed by atoms with Crippen LogP contribution in [-0.2, 0) is 0 Å². The quantitative estimate of drug-likeness (QED) is 0.649. The lowest BCUT2D eigenvalue weighted by atomic mass is 10.0. The van der Waals surface area contributed by atoms with Gasteiger partial charge in [-0.1, -0.05) is 0 Å². The van der Waals surface area contributed by atoms with E-state index in [9.17, 15) is 4.39 Å². The maximum atomic E-state index is 13.3. The van der Waals surface area contributed by atoms with Crippen molar-refractivity contribution in [2.24, 2.45) is 11.7 Å². The summed E-state index contributed by atoms with van der Waals surface area (Å²) in [5.74, 6) is -0.505. The molecular weight excluding hydrogens is 155 g/mol.